The fourth-order valence-electron chi connectivity index (χ4n) is 1.99. The number of aliphatic hydroxyl groups excluding tert-OH is 1. The average molecular weight is 253 g/mol. The Labute approximate surface area is 109 Å². The van der Waals surface area contributed by atoms with E-state index in [0.29, 0.717) is 12.6 Å². The molecule has 1 unspecified atom stereocenters. The van der Waals surface area contributed by atoms with Gasteiger partial charge < -0.3 is 10.4 Å². The van der Waals surface area contributed by atoms with Crippen molar-refractivity contribution in [3.05, 3.63) is 35.6 Å². The second-order valence-corrected chi connectivity index (χ2v) is 4.82. The number of nitrogens with one attached hydrogen (secondary N) is 1. The molecule has 0 aliphatic heterocycles. The molecule has 0 heterocycles. The third kappa shape index (κ3) is 6.72. The van der Waals surface area contributed by atoms with E-state index in [4.69, 9.17) is 5.11 Å². The molecule has 2 nitrogen and oxygen atoms in total. The summed E-state index contributed by atoms with van der Waals surface area (Å²) in [7, 11) is 0. The molecule has 0 aromatic heterocycles. The molecule has 1 rings (SSSR count). The highest BCUT2D eigenvalue weighted by molar-refractivity contribution is 5.16. The zero-order chi connectivity index (χ0) is 13.2. The van der Waals surface area contributed by atoms with E-state index in [9.17, 15) is 4.39 Å². The fourth-order valence-corrected chi connectivity index (χ4v) is 1.99. The summed E-state index contributed by atoms with van der Waals surface area (Å²) in [6, 6.07) is 7.12. The number of rotatable bonds is 9. The predicted molar refractivity (Wildman–Crippen MR) is 73.1 cm³/mol. The zero-order valence-electron chi connectivity index (χ0n) is 11.2. The summed E-state index contributed by atoms with van der Waals surface area (Å²) < 4.78 is 12.7. The Hall–Kier alpha value is -0.930. The second-order valence-electron chi connectivity index (χ2n) is 4.82. The first-order valence-electron chi connectivity index (χ1n) is 6.81. The number of hydrogen-bond donors (Lipinski definition) is 2. The van der Waals surface area contributed by atoms with Crippen LogP contribution in [0.25, 0.3) is 0 Å². The lowest BCUT2D eigenvalue weighted by Gasteiger charge is -2.13. The molecule has 0 spiro atoms. The smallest absolute Gasteiger partial charge is 0.123 e. The minimum absolute atomic E-state index is 0.178. The van der Waals surface area contributed by atoms with Crippen LogP contribution in [-0.4, -0.2) is 24.3 Å². The van der Waals surface area contributed by atoms with Crippen molar-refractivity contribution in [1.29, 1.82) is 0 Å². The van der Waals surface area contributed by atoms with E-state index in [2.05, 4.69) is 12.2 Å². The van der Waals surface area contributed by atoms with Crippen LogP contribution in [0.3, 0.4) is 0 Å². The first kappa shape index (κ1) is 15.1. The maximum absolute atomic E-state index is 12.7. The quantitative estimate of drug-likeness (QED) is 0.663. The highest BCUT2D eigenvalue weighted by Crippen LogP contribution is 2.06. The van der Waals surface area contributed by atoms with Crippen LogP contribution in [0.15, 0.2) is 24.3 Å². The summed E-state index contributed by atoms with van der Waals surface area (Å²) >= 11 is 0. The van der Waals surface area contributed by atoms with Crippen molar-refractivity contribution in [2.75, 3.05) is 13.2 Å². The minimum Gasteiger partial charge on any atom is -0.396 e. The van der Waals surface area contributed by atoms with Crippen molar-refractivity contribution < 1.29 is 9.50 Å². The molecule has 18 heavy (non-hydrogen) atoms. The van der Waals surface area contributed by atoms with Crippen molar-refractivity contribution in [3.8, 4) is 0 Å². The second kappa shape index (κ2) is 9.06. The van der Waals surface area contributed by atoms with Gasteiger partial charge in [0, 0.05) is 12.6 Å². The highest BCUT2D eigenvalue weighted by atomic mass is 19.1. The number of unbranched alkanes of at least 4 members (excludes halogenated alkanes) is 3. The van der Waals surface area contributed by atoms with Crippen molar-refractivity contribution in [2.24, 2.45) is 0 Å². The molecule has 0 fully saturated rings. The van der Waals surface area contributed by atoms with Crippen molar-refractivity contribution in [3.63, 3.8) is 0 Å². The standard InChI is InChI=1S/C15H24FNO/c1-13(17-10-4-2-3-5-11-18)12-14-6-8-15(16)9-7-14/h6-9,13,17-18H,2-5,10-12H2,1H3. The van der Waals surface area contributed by atoms with Crippen molar-refractivity contribution >= 4 is 0 Å². The molecule has 1 atom stereocenters. The Morgan fingerprint density at radius 2 is 1.78 bits per heavy atom. The van der Waals surface area contributed by atoms with Crippen LogP contribution in [0.1, 0.15) is 38.2 Å². The molecule has 0 saturated carbocycles. The molecule has 0 saturated heterocycles. The first-order chi connectivity index (χ1) is 8.72. The number of benzene rings is 1. The molecule has 0 bridgehead atoms. The van der Waals surface area contributed by atoms with Gasteiger partial charge in [-0.05, 0) is 50.4 Å². The van der Waals surface area contributed by atoms with Gasteiger partial charge in [0.15, 0.2) is 0 Å². The van der Waals surface area contributed by atoms with E-state index in [0.717, 1.165) is 44.2 Å². The molecule has 3 heteroatoms. The summed E-state index contributed by atoms with van der Waals surface area (Å²) in [4.78, 5) is 0. The van der Waals surface area contributed by atoms with Crippen LogP contribution in [0.2, 0.25) is 0 Å². The monoisotopic (exact) mass is 253 g/mol. The van der Waals surface area contributed by atoms with Gasteiger partial charge in [-0.3, -0.25) is 0 Å². The molecule has 0 radical (unpaired) electrons. The minimum atomic E-state index is -0.178. The van der Waals surface area contributed by atoms with Crippen LogP contribution >= 0.6 is 0 Å². The average Bonchev–Trinajstić information content (AvgIpc) is 2.36. The first-order valence-corrected chi connectivity index (χ1v) is 6.81. The Morgan fingerprint density at radius 1 is 1.11 bits per heavy atom. The predicted octanol–water partition coefficient (Wildman–Crippen LogP) is 2.90. The van der Waals surface area contributed by atoms with E-state index in [1.807, 2.05) is 12.1 Å². The molecular weight excluding hydrogens is 229 g/mol. The summed E-state index contributed by atoms with van der Waals surface area (Å²) in [5, 5.41) is 12.1. The third-order valence-corrected chi connectivity index (χ3v) is 3.03. The van der Waals surface area contributed by atoms with Crippen molar-refractivity contribution in [1.82, 2.24) is 5.32 Å². The van der Waals surface area contributed by atoms with E-state index < -0.39 is 0 Å². The molecule has 0 aliphatic carbocycles. The van der Waals surface area contributed by atoms with Gasteiger partial charge in [0.2, 0.25) is 0 Å². The maximum Gasteiger partial charge on any atom is 0.123 e. The lowest BCUT2D eigenvalue weighted by molar-refractivity contribution is 0.282. The summed E-state index contributed by atoms with van der Waals surface area (Å²) in [5.74, 6) is -0.178. The van der Waals surface area contributed by atoms with Gasteiger partial charge in [0.1, 0.15) is 5.82 Å². The lowest BCUT2D eigenvalue weighted by atomic mass is 10.1. The topological polar surface area (TPSA) is 32.3 Å². The Morgan fingerprint density at radius 3 is 2.44 bits per heavy atom. The van der Waals surface area contributed by atoms with Gasteiger partial charge in [0.25, 0.3) is 0 Å². The maximum atomic E-state index is 12.7. The Bertz CT molecular complexity index is 313. The van der Waals surface area contributed by atoms with Crippen LogP contribution in [-0.2, 0) is 6.42 Å². The van der Waals surface area contributed by atoms with Gasteiger partial charge in [0.05, 0.1) is 0 Å². The molecular formula is C15H24FNO. The van der Waals surface area contributed by atoms with Gasteiger partial charge in [-0.1, -0.05) is 25.0 Å². The van der Waals surface area contributed by atoms with Gasteiger partial charge in [-0.25, -0.2) is 4.39 Å². The molecule has 2 N–H and O–H groups in total. The SMILES string of the molecule is CC(Cc1ccc(F)cc1)NCCCCCCO. The number of aliphatic hydroxyl groups is 1. The molecule has 1 aromatic rings. The van der Waals surface area contributed by atoms with Crippen LogP contribution in [0.5, 0.6) is 0 Å². The van der Waals surface area contributed by atoms with Gasteiger partial charge >= 0.3 is 0 Å². The normalized spacial score (nSPS) is 12.6. The lowest BCUT2D eigenvalue weighted by Crippen LogP contribution is -2.28. The number of hydrogen-bond acceptors (Lipinski definition) is 2. The Balaban J connectivity index is 2.10. The van der Waals surface area contributed by atoms with Crippen LogP contribution in [0.4, 0.5) is 4.39 Å². The van der Waals surface area contributed by atoms with E-state index >= 15 is 0 Å². The largest absolute Gasteiger partial charge is 0.396 e. The summed E-state index contributed by atoms with van der Waals surface area (Å²) in [6.45, 7) is 3.46. The zero-order valence-corrected chi connectivity index (χ0v) is 11.2. The third-order valence-electron chi connectivity index (χ3n) is 3.03. The number of halogens is 1. The van der Waals surface area contributed by atoms with Gasteiger partial charge in [-0.15, -0.1) is 0 Å². The summed E-state index contributed by atoms with van der Waals surface area (Å²) in [5.41, 5.74) is 1.16. The fraction of sp³-hybridized carbons (Fsp3) is 0.600. The Kier molecular flexibility index (Phi) is 7.62. The molecule has 0 amide bonds. The van der Waals surface area contributed by atoms with Crippen molar-refractivity contribution in [2.45, 2.75) is 45.1 Å². The highest BCUT2D eigenvalue weighted by Gasteiger charge is 2.02. The van der Waals surface area contributed by atoms with E-state index in [-0.39, 0.29) is 5.82 Å². The van der Waals surface area contributed by atoms with Crippen LogP contribution < -0.4 is 5.32 Å². The molecule has 102 valence electrons. The van der Waals surface area contributed by atoms with Gasteiger partial charge in [-0.2, -0.15) is 0 Å². The summed E-state index contributed by atoms with van der Waals surface area (Å²) in [6.07, 6.45) is 5.25. The molecule has 1 aromatic carbocycles. The van der Waals surface area contributed by atoms with E-state index in [1.54, 1.807) is 0 Å². The van der Waals surface area contributed by atoms with Crippen LogP contribution in [0, 0.1) is 5.82 Å². The van der Waals surface area contributed by atoms with E-state index in [1.165, 1.54) is 12.1 Å². The molecule has 0 aliphatic rings.